The van der Waals surface area contributed by atoms with Crippen LogP contribution >= 0.6 is 0 Å². The van der Waals surface area contributed by atoms with Crippen LogP contribution in [0.3, 0.4) is 0 Å². The van der Waals surface area contributed by atoms with Crippen LogP contribution in [0.4, 0.5) is 13.2 Å². The molecule has 0 aromatic carbocycles. The minimum atomic E-state index is -4.64. The Kier molecular flexibility index (Phi) is 6.54. The van der Waals surface area contributed by atoms with Gasteiger partial charge in [-0.1, -0.05) is 12.7 Å². The lowest BCUT2D eigenvalue weighted by atomic mass is 10.1. The third-order valence-corrected chi connectivity index (χ3v) is 4.38. The van der Waals surface area contributed by atoms with E-state index in [1.54, 1.807) is 18.6 Å². The highest BCUT2D eigenvalue weighted by Crippen LogP contribution is 2.24. The first kappa shape index (κ1) is 21.8. The molecule has 4 rings (SSSR count). The second-order valence-corrected chi connectivity index (χ2v) is 6.61. The maximum Gasteiger partial charge on any atom is 0.448 e. The van der Waals surface area contributed by atoms with Crippen molar-refractivity contribution in [1.29, 1.82) is 0 Å². The summed E-state index contributed by atoms with van der Waals surface area (Å²) in [5.41, 5.74) is 5.63. The van der Waals surface area contributed by atoms with Crippen LogP contribution < -0.4 is 5.32 Å². The maximum atomic E-state index is 11.9. The van der Waals surface area contributed by atoms with Crippen molar-refractivity contribution in [2.45, 2.75) is 12.6 Å². The second-order valence-electron chi connectivity index (χ2n) is 6.61. The van der Waals surface area contributed by atoms with Gasteiger partial charge in [0.05, 0.1) is 11.3 Å². The average Bonchev–Trinajstić information content (AvgIpc) is 3.19. The lowest BCUT2D eigenvalue weighted by Crippen LogP contribution is -2.31. The first-order valence-electron chi connectivity index (χ1n) is 9.23. The van der Waals surface area contributed by atoms with E-state index in [0.29, 0.717) is 6.54 Å². The summed E-state index contributed by atoms with van der Waals surface area (Å²) < 4.78 is 32.5. The molecule has 9 heteroatoms. The number of alkyl halides is 3. The number of hydrogen-bond donors (Lipinski definition) is 3. The Morgan fingerprint density at radius 3 is 2.48 bits per heavy atom. The molecule has 4 heterocycles. The predicted molar refractivity (Wildman–Crippen MR) is 111 cm³/mol. The van der Waals surface area contributed by atoms with Gasteiger partial charge in [0.25, 0.3) is 5.91 Å². The number of aromatic nitrogens is 3. The molecule has 0 unspecified atom stereocenters. The van der Waals surface area contributed by atoms with E-state index in [1.165, 1.54) is 0 Å². The summed E-state index contributed by atoms with van der Waals surface area (Å²) in [6, 6.07) is 9.75. The molecule has 1 aliphatic rings. The number of rotatable bonds is 3. The van der Waals surface area contributed by atoms with Gasteiger partial charge in [-0.05, 0) is 42.0 Å². The SMILES string of the molecule is C=C(O)C(F)(F)F.O=C1NCCc2[nH]c(-c3ccnc(/C=C/c4ccncc4)c3)cc21. The third kappa shape index (κ3) is 5.81. The number of nitrogens with zero attached hydrogens (tertiary/aromatic N) is 2. The molecule has 0 atom stereocenters. The Labute approximate surface area is 176 Å². The molecule has 1 aliphatic heterocycles. The van der Waals surface area contributed by atoms with E-state index >= 15 is 0 Å². The molecule has 0 saturated carbocycles. The summed E-state index contributed by atoms with van der Waals surface area (Å²) in [5, 5.41) is 10.4. The van der Waals surface area contributed by atoms with Crippen LogP contribution in [0.1, 0.15) is 27.3 Å². The summed E-state index contributed by atoms with van der Waals surface area (Å²) in [4.78, 5) is 23.6. The number of halogens is 3. The Bertz CT molecular complexity index is 1110. The van der Waals surface area contributed by atoms with Crippen molar-refractivity contribution in [3.63, 3.8) is 0 Å². The Morgan fingerprint density at radius 1 is 1.13 bits per heavy atom. The van der Waals surface area contributed by atoms with Crippen LogP contribution in [-0.2, 0) is 6.42 Å². The van der Waals surface area contributed by atoms with Crippen molar-refractivity contribution >= 4 is 18.1 Å². The van der Waals surface area contributed by atoms with Crippen molar-refractivity contribution in [3.8, 4) is 11.3 Å². The van der Waals surface area contributed by atoms with Crippen molar-refractivity contribution in [3.05, 3.63) is 83.8 Å². The quantitative estimate of drug-likeness (QED) is 0.534. The fourth-order valence-corrected chi connectivity index (χ4v) is 2.81. The normalized spacial score (nSPS) is 13.2. The molecule has 1 amide bonds. The largest absolute Gasteiger partial charge is 0.505 e. The fourth-order valence-electron chi connectivity index (χ4n) is 2.81. The Hall–Kier alpha value is -3.88. The molecule has 0 radical (unpaired) electrons. The van der Waals surface area contributed by atoms with Crippen LogP contribution in [0.25, 0.3) is 23.4 Å². The first-order chi connectivity index (χ1) is 14.7. The molecule has 160 valence electrons. The Balaban J connectivity index is 0.000000339. The molecule has 0 aliphatic carbocycles. The number of allylic oxidation sites excluding steroid dienone is 1. The number of pyridine rings is 2. The van der Waals surface area contributed by atoms with Gasteiger partial charge in [0.2, 0.25) is 0 Å². The second kappa shape index (κ2) is 9.29. The monoisotopic (exact) mass is 428 g/mol. The number of nitrogens with one attached hydrogen (secondary N) is 2. The van der Waals surface area contributed by atoms with Crippen molar-refractivity contribution in [2.75, 3.05) is 6.54 Å². The number of H-pyrrole nitrogens is 1. The zero-order valence-corrected chi connectivity index (χ0v) is 16.3. The molecule has 0 bridgehead atoms. The Morgan fingerprint density at radius 2 is 1.84 bits per heavy atom. The molecular formula is C22H19F3N4O2. The predicted octanol–water partition coefficient (Wildman–Crippen LogP) is 4.55. The first-order valence-corrected chi connectivity index (χ1v) is 9.23. The third-order valence-electron chi connectivity index (χ3n) is 4.38. The number of aliphatic hydroxyl groups excluding tert-OH is 1. The highest BCUT2D eigenvalue weighted by molar-refractivity contribution is 5.97. The van der Waals surface area contributed by atoms with Crippen LogP contribution in [0.15, 0.2) is 61.3 Å². The van der Waals surface area contributed by atoms with E-state index in [4.69, 9.17) is 5.11 Å². The zero-order chi connectivity index (χ0) is 22.4. The molecular weight excluding hydrogens is 409 g/mol. The minimum Gasteiger partial charge on any atom is -0.505 e. The van der Waals surface area contributed by atoms with Crippen molar-refractivity contribution in [1.82, 2.24) is 20.3 Å². The van der Waals surface area contributed by atoms with Crippen LogP contribution in [0, 0.1) is 0 Å². The van der Waals surface area contributed by atoms with E-state index in [-0.39, 0.29) is 5.91 Å². The number of carbonyl (C=O) groups is 1. The number of aromatic amines is 1. The van der Waals surface area contributed by atoms with Gasteiger partial charge >= 0.3 is 6.18 Å². The van der Waals surface area contributed by atoms with Crippen LogP contribution in [0.5, 0.6) is 0 Å². The van der Waals surface area contributed by atoms with Gasteiger partial charge in [0.1, 0.15) is 0 Å². The number of fused-ring (bicyclic) bond motifs is 1. The number of aliphatic hydroxyl groups is 1. The number of carbonyl (C=O) groups excluding carboxylic acids is 1. The summed E-state index contributed by atoms with van der Waals surface area (Å²) >= 11 is 0. The molecule has 3 N–H and O–H groups in total. The van der Waals surface area contributed by atoms with Crippen LogP contribution in [0.2, 0.25) is 0 Å². The average molecular weight is 428 g/mol. The standard InChI is InChI=1S/C19H16N4O.C3H3F3O/c24-19-16-12-18(23-17(16)6-10-22-19)14-5-9-21-15(11-14)2-1-13-3-7-20-8-4-13;1-2(7)3(4,5)6/h1-5,7-9,11-12,23H,6,10H2,(H,22,24);7H,1H2/b2-1+;. The van der Waals surface area contributed by atoms with E-state index in [9.17, 15) is 18.0 Å². The molecule has 31 heavy (non-hydrogen) atoms. The van der Waals surface area contributed by atoms with E-state index < -0.39 is 11.9 Å². The smallest absolute Gasteiger partial charge is 0.448 e. The summed E-state index contributed by atoms with van der Waals surface area (Å²) in [5.74, 6) is -1.77. The van der Waals surface area contributed by atoms with Crippen molar-refractivity contribution in [2.24, 2.45) is 0 Å². The molecule has 0 saturated heterocycles. The molecule has 3 aromatic heterocycles. The van der Waals surface area contributed by atoms with Gasteiger partial charge < -0.3 is 15.4 Å². The van der Waals surface area contributed by atoms with Gasteiger partial charge in [-0.15, -0.1) is 0 Å². The summed E-state index contributed by atoms with van der Waals surface area (Å²) in [6.07, 6.45) is 5.47. The van der Waals surface area contributed by atoms with Gasteiger partial charge in [-0.3, -0.25) is 14.8 Å². The molecule has 3 aromatic rings. The molecule has 0 spiro atoms. The topological polar surface area (TPSA) is 90.9 Å². The van der Waals surface area contributed by atoms with Crippen molar-refractivity contribution < 1.29 is 23.1 Å². The maximum absolute atomic E-state index is 11.9. The highest BCUT2D eigenvalue weighted by atomic mass is 19.4. The highest BCUT2D eigenvalue weighted by Gasteiger charge is 2.31. The van der Waals surface area contributed by atoms with E-state index in [0.717, 1.165) is 40.2 Å². The summed E-state index contributed by atoms with van der Waals surface area (Å²) in [6.45, 7) is 2.94. The van der Waals surface area contributed by atoms with Gasteiger partial charge in [-0.2, -0.15) is 13.2 Å². The lowest BCUT2D eigenvalue weighted by Gasteiger charge is -2.10. The molecule has 6 nitrogen and oxygen atoms in total. The van der Waals surface area contributed by atoms with Crippen LogP contribution in [-0.4, -0.2) is 38.7 Å². The minimum absolute atomic E-state index is 0.00869. The van der Waals surface area contributed by atoms with E-state index in [2.05, 4.69) is 26.8 Å². The number of amides is 1. The van der Waals surface area contributed by atoms with E-state index in [1.807, 2.05) is 42.5 Å². The lowest BCUT2D eigenvalue weighted by molar-refractivity contribution is -0.119. The zero-order valence-electron chi connectivity index (χ0n) is 16.3. The number of hydrogen-bond acceptors (Lipinski definition) is 4. The van der Waals surface area contributed by atoms with Gasteiger partial charge in [-0.25, -0.2) is 0 Å². The summed E-state index contributed by atoms with van der Waals surface area (Å²) in [7, 11) is 0. The fraction of sp³-hybridized carbons (Fsp3) is 0.136. The molecule has 0 fully saturated rings. The van der Waals surface area contributed by atoms with Gasteiger partial charge in [0.15, 0.2) is 5.76 Å². The van der Waals surface area contributed by atoms with Gasteiger partial charge in [0, 0.05) is 48.5 Å².